The molecule has 0 amide bonds. The van der Waals surface area contributed by atoms with Gasteiger partial charge in [0.05, 0.1) is 19.8 Å². The summed E-state index contributed by atoms with van der Waals surface area (Å²) in [7, 11) is 1.56. The molecule has 0 aromatic heterocycles. The van der Waals surface area contributed by atoms with Gasteiger partial charge in [0.1, 0.15) is 11.5 Å². The minimum atomic E-state index is -0.155. The molecule has 0 fully saturated rings. The molecular formula is C16H19NO3. The highest BCUT2D eigenvalue weighted by atomic mass is 16.5. The van der Waals surface area contributed by atoms with Crippen LogP contribution in [0, 0.1) is 0 Å². The Morgan fingerprint density at radius 2 is 1.90 bits per heavy atom. The molecule has 1 atom stereocenters. The molecule has 0 aliphatic rings. The molecule has 3 N–H and O–H groups in total. The van der Waals surface area contributed by atoms with Gasteiger partial charge in [-0.15, -0.1) is 0 Å². The molecule has 0 saturated carbocycles. The molecule has 106 valence electrons. The Morgan fingerprint density at radius 3 is 2.50 bits per heavy atom. The summed E-state index contributed by atoms with van der Waals surface area (Å²) in [6.45, 7) is 0.469. The van der Waals surface area contributed by atoms with E-state index in [-0.39, 0.29) is 18.4 Å². The number of hydrogen-bond donors (Lipinski definition) is 3. The van der Waals surface area contributed by atoms with Crippen molar-refractivity contribution >= 4 is 0 Å². The van der Waals surface area contributed by atoms with Crippen molar-refractivity contribution in [2.24, 2.45) is 0 Å². The minimum absolute atomic E-state index is 0.000923. The molecule has 2 rings (SSSR count). The highest BCUT2D eigenvalue weighted by Crippen LogP contribution is 2.24. The molecule has 4 nitrogen and oxygen atoms in total. The first-order chi connectivity index (χ1) is 9.74. The quantitative estimate of drug-likeness (QED) is 0.755. The van der Waals surface area contributed by atoms with E-state index in [1.165, 1.54) is 0 Å². The zero-order chi connectivity index (χ0) is 14.4. The summed E-state index contributed by atoms with van der Waals surface area (Å²) in [6.07, 6.45) is 0. The predicted molar refractivity (Wildman–Crippen MR) is 77.8 cm³/mol. The van der Waals surface area contributed by atoms with E-state index < -0.39 is 0 Å². The monoisotopic (exact) mass is 273 g/mol. The number of aliphatic hydroxyl groups is 1. The second-order valence-electron chi connectivity index (χ2n) is 4.52. The zero-order valence-electron chi connectivity index (χ0n) is 11.4. The van der Waals surface area contributed by atoms with Crippen molar-refractivity contribution in [3.05, 3.63) is 59.7 Å². The van der Waals surface area contributed by atoms with E-state index in [1.54, 1.807) is 25.3 Å². The summed E-state index contributed by atoms with van der Waals surface area (Å²) in [4.78, 5) is 0. The highest BCUT2D eigenvalue weighted by Gasteiger charge is 2.10. The first-order valence-corrected chi connectivity index (χ1v) is 6.49. The fourth-order valence-corrected chi connectivity index (χ4v) is 2.03. The fourth-order valence-electron chi connectivity index (χ4n) is 2.03. The van der Waals surface area contributed by atoms with Crippen molar-refractivity contribution in [1.82, 2.24) is 5.32 Å². The predicted octanol–water partition coefficient (Wildman–Crippen LogP) is 2.22. The van der Waals surface area contributed by atoms with Gasteiger partial charge in [0, 0.05) is 18.2 Å². The second-order valence-corrected chi connectivity index (χ2v) is 4.52. The average molecular weight is 273 g/mol. The largest absolute Gasteiger partial charge is 0.507 e. The Bertz CT molecular complexity index is 543. The normalized spacial score (nSPS) is 12.1. The van der Waals surface area contributed by atoms with Crippen molar-refractivity contribution in [2.45, 2.75) is 12.6 Å². The van der Waals surface area contributed by atoms with Crippen LogP contribution in [0.4, 0.5) is 0 Å². The van der Waals surface area contributed by atoms with Gasteiger partial charge >= 0.3 is 0 Å². The molecule has 1 unspecified atom stereocenters. The second kappa shape index (κ2) is 6.93. The molecule has 0 aliphatic heterocycles. The number of hydrogen-bond acceptors (Lipinski definition) is 4. The lowest BCUT2D eigenvalue weighted by Gasteiger charge is -2.17. The third-order valence-corrected chi connectivity index (χ3v) is 3.22. The Hall–Kier alpha value is -2.04. The minimum Gasteiger partial charge on any atom is -0.507 e. The lowest BCUT2D eigenvalue weighted by molar-refractivity contribution is 0.243. The maximum absolute atomic E-state index is 9.90. The summed E-state index contributed by atoms with van der Waals surface area (Å²) in [5.74, 6) is 0.801. The third kappa shape index (κ3) is 3.50. The Kier molecular flexibility index (Phi) is 4.98. The van der Waals surface area contributed by atoms with Gasteiger partial charge < -0.3 is 20.3 Å². The molecule has 0 radical (unpaired) electrons. The number of benzene rings is 2. The number of rotatable bonds is 6. The first-order valence-electron chi connectivity index (χ1n) is 6.49. The maximum Gasteiger partial charge on any atom is 0.123 e. The number of methoxy groups -OCH3 is 1. The molecule has 2 aromatic rings. The average Bonchev–Trinajstić information content (AvgIpc) is 2.50. The number of ether oxygens (including phenoxy) is 1. The van der Waals surface area contributed by atoms with Crippen LogP contribution in [0.25, 0.3) is 0 Å². The molecule has 0 saturated heterocycles. The molecule has 0 bridgehead atoms. The first kappa shape index (κ1) is 14.4. The van der Waals surface area contributed by atoms with Crippen molar-refractivity contribution < 1.29 is 14.9 Å². The SMILES string of the molecule is COc1ccc(CNC(CO)c2ccccc2)c(O)c1. The van der Waals surface area contributed by atoms with Gasteiger partial charge in [-0.1, -0.05) is 36.4 Å². The fraction of sp³-hybridized carbons (Fsp3) is 0.250. The third-order valence-electron chi connectivity index (χ3n) is 3.22. The van der Waals surface area contributed by atoms with Crippen LogP contribution in [0.2, 0.25) is 0 Å². The van der Waals surface area contributed by atoms with Crippen LogP contribution in [0.1, 0.15) is 17.2 Å². The Labute approximate surface area is 118 Å². The molecule has 4 heteroatoms. The van der Waals surface area contributed by atoms with Gasteiger partial charge in [-0.25, -0.2) is 0 Å². The molecule has 0 aliphatic carbocycles. The van der Waals surface area contributed by atoms with Gasteiger partial charge in [-0.05, 0) is 11.6 Å². The molecule has 0 spiro atoms. The van der Waals surface area contributed by atoms with Crippen LogP contribution < -0.4 is 10.1 Å². The molecule has 20 heavy (non-hydrogen) atoms. The molecular weight excluding hydrogens is 254 g/mol. The summed E-state index contributed by atoms with van der Waals surface area (Å²) in [5, 5.41) is 22.6. The topological polar surface area (TPSA) is 61.7 Å². The zero-order valence-corrected chi connectivity index (χ0v) is 11.4. The summed E-state index contributed by atoms with van der Waals surface area (Å²) in [6, 6.07) is 14.8. The molecule has 0 heterocycles. The number of aliphatic hydroxyl groups excluding tert-OH is 1. The van der Waals surface area contributed by atoms with E-state index in [0.29, 0.717) is 12.3 Å². The van der Waals surface area contributed by atoms with Crippen molar-refractivity contribution in [2.75, 3.05) is 13.7 Å². The van der Waals surface area contributed by atoms with E-state index in [9.17, 15) is 10.2 Å². The smallest absolute Gasteiger partial charge is 0.123 e. The van der Waals surface area contributed by atoms with E-state index in [0.717, 1.165) is 11.1 Å². The van der Waals surface area contributed by atoms with E-state index in [1.807, 2.05) is 30.3 Å². The lowest BCUT2D eigenvalue weighted by Crippen LogP contribution is -2.23. The standard InChI is InChI=1S/C16H19NO3/c1-20-14-8-7-13(16(19)9-14)10-17-15(11-18)12-5-3-2-4-6-12/h2-9,15,17-19H,10-11H2,1H3. The van der Waals surface area contributed by atoms with Crippen LogP contribution in [0.3, 0.4) is 0 Å². The van der Waals surface area contributed by atoms with Crippen LogP contribution in [0.5, 0.6) is 11.5 Å². The van der Waals surface area contributed by atoms with Gasteiger partial charge in [0.25, 0.3) is 0 Å². The van der Waals surface area contributed by atoms with E-state index in [4.69, 9.17) is 4.74 Å². The summed E-state index contributed by atoms with van der Waals surface area (Å²) >= 11 is 0. The van der Waals surface area contributed by atoms with Crippen molar-refractivity contribution in [3.8, 4) is 11.5 Å². The Balaban J connectivity index is 2.03. The van der Waals surface area contributed by atoms with Gasteiger partial charge in [-0.2, -0.15) is 0 Å². The van der Waals surface area contributed by atoms with E-state index in [2.05, 4.69) is 5.32 Å². The van der Waals surface area contributed by atoms with Crippen molar-refractivity contribution in [3.63, 3.8) is 0 Å². The van der Waals surface area contributed by atoms with Crippen LogP contribution in [-0.2, 0) is 6.54 Å². The van der Waals surface area contributed by atoms with Crippen molar-refractivity contribution in [1.29, 1.82) is 0 Å². The summed E-state index contributed by atoms with van der Waals surface area (Å²) in [5.41, 5.74) is 1.78. The summed E-state index contributed by atoms with van der Waals surface area (Å²) < 4.78 is 5.05. The lowest BCUT2D eigenvalue weighted by atomic mass is 10.1. The maximum atomic E-state index is 9.90. The number of phenols is 1. The number of aromatic hydroxyl groups is 1. The molecule has 2 aromatic carbocycles. The van der Waals surface area contributed by atoms with Crippen LogP contribution in [0.15, 0.2) is 48.5 Å². The highest BCUT2D eigenvalue weighted by molar-refractivity contribution is 5.39. The van der Waals surface area contributed by atoms with E-state index >= 15 is 0 Å². The number of phenolic OH excluding ortho intramolecular Hbond substituents is 1. The van der Waals surface area contributed by atoms with Crippen LogP contribution >= 0.6 is 0 Å². The van der Waals surface area contributed by atoms with Gasteiger partial charge in [0.2, 0.25) is 0 Å². The van der Waals surface area contributed by atoms with Gasteiger partial charge in [-0.3, -0.25) is 0 Å². The Morgan fingerprint density at radius 1 is 1.15 bits per heavy atom. The van der Waals surface area contributed by atoms with Gasteiger partial charge in [0.15, 0.2) is 0 Å². The van der Waals surface area contributed by atoms with Crippen LogP contribution in [-0.4, -0.2) is 23.9 Å². The number of nitrogens with one attached hydrogen (secondary N) is 1.